The predicted molar refractivity (Wildman–Crippen MR) is 72.2 cm³/mol. The number of halogens is 1. The van der Waals surface area contributed by atoms with E-state index in [0.717, 1.165) is 5.56 Å². The van der Waals surface area contributed by atoms with Crippen LogP contribution in [0, 0.1) is 5.82 Å². The van der Waals surface area contributed by atoms with Gasteiger partial charge in [0, 0.05) is 13.2 Å². The normalized spacial score (nSPS) is 10.2. The highest BCUT2D eigenvalue weighted by molar-refractivity contribution is 5.95. The number of carbonyl (C=O) groups is 1. The lowest BCUT2D eigenvalue weighted by Gasteiger charge is -2.17. The van der Waals surface area contributed by atoms with Crippen LogP contribution < -0.4 is 10.6 Å². The van der Waals surface area contributed by atoms with Crippen molar-refractivity contribution in [1.82, 2.24) is 4.98 Å². The number of anilines is 2. The molecule has 0 bridgehead atoms. The van der Waals surface area contributed by atoms with Crippen molar-refractivity contribution in [2.24, 2.45) is 0 Å². The Morgan fingerprint density at radius 2 is 2.00 bits per heavy atom. The van der Waals surface area contributed by atoms with Crippen LogP contribution in [0.3, 0.4) is 0 Å². The van der Waals surface area contributed by atoms with Gasteiger partial charge in [-0.1, -0.05) is 12.1 Å². The van der Waals surface area contributed by atoms with E-state index in [0.29, 0.717) is 11.5 Å². The molecule has 1 heterocycles. The van der Waals surface area contributed by atoms with Crippen LogP contribution in [0.5, 0.6) is 0 Å². The van der Waals surface area contributed by atoms with Crippen LogP contribution in [0.15, 0.2) is 42.6 Å². The first-order valence-electron chi connectivity index (χ1n) is 5.79. The van der Waals surface area contributed by atoms with Crippen molar-refractivity contribution < 1.29 is 9.18 Å². The number of hydrogen-bond acceptors (Lipinski definition) is 3. The maximum Gasteiger partial charge on any atom is 0.232 e. The predicted octanol–water partition coefficient (Wildman–Crippen LogP) is 2.01. The summed E-state index contributed by atoms with van der Waals surface area (Å²) in [5.41, 5.74) is 6.95. The molecule has 19 heavy (non-hydrogen) atoms. The minimum Gasteiger partial charge on any atom is -0.396 e. The molecule has 0 aliphatic rings. The summed E-state index contributed by atoms with van der Waals surface area (Å²) in [5, 5.41) is 0. The average Bonchev–Trinajstić information content (AvgIpc) is 2.41. The lowest BCUT2D eigenvalue weighted by Crippen LogP contribution is -2.29. The second-order valence-corrected chi connectivity index (χ2v) is 4.17. The molecule has 2 rings (SSSR count). The summed E-state index contributed by atoms with van der Waals surface area (Å²) in [6, 6.07) is 9.22. The molecule has 0 spiro atoms. The van der Waals surface area contributed by atoms with Crippen LogP contribution in [0.2, 0.25) is 0 Å². The second kappa shape index (κ2) is 5.48. The highest BCUT2D eigenvalue weighted by Crippen LogP contribution is 2.18. The molecular formula is C14H14FN3O. The summed E-state index contributed by atoms with van der Waals surface area (Å²) >= 11 is 0. The number of pyridine rings is 1. The molecule has 0 radical (unpaired) electrons. The molecule has 98 valence electrons. The van der Waals surface area contributed by atoms with E-state index in [1.807, 2.05) is 0 Å². The zero-order valence-corrected chi connectivity index (χ0v) is 10.5. The molecule has 0 saturated heterocycles. The number of hydrogen-bond donors (Lipinski definition) is 1. The quantitative estimate of drug-likeness (QED) is 0.917. The minimum absolute atomic E-state index is 0.156. The molecule has 1 aromatic carbocycles. The Hall–Kier alpha value is -2.43. The van der Waals surface area contributed by atoms with E-state index in [1.54, 1.807) is 37.5 Å². The Kier molecular flexibility index (Phi) is 3.75. The molecule has 2 aromatic rings. The Bertz CT molecular complexity index is 583. The summed E-state index contributed by atoms with van der Waals surface area (Å²) in [6.45, 7) is 0. The highest BCUT2D eigenvalue weighted by atomic mass is 19.1. The van der Waals surface area contributed by atoms with E-state index in [4.69, 9.17) is 5.73 Å². The van der Waals surface area contributed by atoms with Crippen molar-refractivity contribution in [3.05, 3.63) is 54.0 Å². The fourth-order valence-electron chi connectivity index (χ4n) is 1.70. The Balaban J connectivity index is 2.12. The molecule has 4 nitrogen and oxygen atoms in total. The second-order valence-electron chi connectivity index (χ2n) is 4.17. The van der Waals surface area contributed by atoms with Gasteiger partial charge in [0.2, 0.25) is 5.91 Å². The van der Waals surface area contributed by atoms with Crippen molar-refractivity contribution in [2.45, 2.75) is 6.42 Å². The topological polar surface area (TPSA) is 59.2 Å². The number of nitrogens with two attached hydrogens (primary N) is 1. The third-order valence-corrected chi connectivity index (χ3v) is 2.78. The first kappa shape index (κ1) is 13.0. The van der Waals surface area contributed by atoms with E-state index in [2.05, 4.69) is 4.98 Å². The largest absolute Gasteiger partial charge is 0.396 e. The molecule has 0 aliphatic carbocycles. The molecule has 1 amide bonds. The Labute approximate surface area is 110 Å². The molecular weight excluding hydrogens is 245 g/mol. The number of aromatic nitrogens is 1. The van der Waals surface area contributed by atoms with Crippen molar-refractivity contribution in [1.29, 1.82) is 0 Å². The van der Waals surface area contributed by atoms with Gasteiger partial charge in [0.1, 0.15) is 5.82 Å². The van der Waals surface area contributed by atoms with Gasteiger partial charge in [-0.25, -0.2) is 9.37 Å². The number of nitrogen functional groups attached to an aromatic ring is 1. The number of benzene rings is 1. The lowest BCUT2D eigenvalue weighted by molar-refractivity contribution is -0.117. The smallest absolute Gasteiger partial charge is 0.232 e. The number of likely N-dealkylation sites (N-methyl/N-ethyl adjacent to an activating group) is 1. The van der Waals surface area contributed by atoms with Gasteiger partial charge < -0.3 is 5.73 Å². The minimum atomic E-state index is -0.321. The van der Waals surface area contributed by atoms with E-state index in [1.165, 1.54) is 17.0 Å². The molecule has 0 aliphatic heterocycles. The molecule has 2 N–H and O–H groups in total. The van der Waals surface area contributed by atoms with Gasteiger partial charge in [-0.3, -0.25) is 9.69 Å². The summed E-state index contributed by atoms with van der Waals surface area (Å²) in [6.07, 6.45) is 1.75. The third kappa shape index (κ3) is 3.07. The molecule has 5 heteroatoms. The van der Waals surface area contributed by atoms with Crippen molar-refractivity contribution in [2.75, 3.05) is 17.7 Å². The Morgan fingerprint density at radius 3 is 2.63 bits per heavy atom. The van der Waals surface area contributed by atoms with Crippen molar-refractivity contribution in [3.8, 4) is 0 Å². The van der Waals surface area contributed by atoms with Gasteiger partial charge in [0.25, 0.3) is 0 Å². The summed E-state index contributed by atoms with van der Waals surface area (Å²) < 4.78 is 12.8. The molecule has 1 aromatic heterocycles. The van der Waals surface area contributed by atoms with Gasteiger partial charge in [0.15, 0.2) is 5.82 Å². The summed E-state index contributed by atoms with van der Waals surface area (Å²) in [7, 11) is 1.62. The first-order chi connectivity index (χ1) is 9.08. The number of rotatable bonds is 3. The average molecular weight is 259 g/mol. The Morgan fingerprint density at radius 1 is 1.32 bits per heavy atom. The zero-order valence-electron chi connectivity index (χ0n) is 10.5. The van der Waals surface area contributed by atoms with Crippen LogP contribution in [0.1, 0.15) is 5.56 Å². The fourth-order valence-corrected chi connectivity index (χ4v) is 1.70. The number of amides is 1. The third-order valence-electron chi connectivity index (χ3n) is 2.78. The number of nitrogens with zero attached hydrogens (tertiary/aromatic N) is 2. The van der Waals surface area contributed by atoms with Crippen LogP contribution in [0.4, 0.5) is 15.9 Å². The fraction of sp³-hybridized carbons (Fsp3) is 0.143. The van der Waals surface area contributed by atoms with Gasteiger partial charge >= 0.3 is 0 Å². The van der Waals surface area contributed by atoms with Crippen LogP contribution >= 0.6 is 0 Å². The van der Waals surface area contributed by atoms with Crippen LogP contribution in [-0.2, 0) is 11.2 Å². The number of carbonyl (C=O) groups excluding carboxylic acids is 1. The van der Waals surface area contributed by atoms with E-state index in [-0.39, 0.29) is 18.1 Å². The van der Waals surface area contributed by atoms with E-state index >= 15 is 0 Å². The van der Waals surface area contributed by atoms with E-state index in [9.17, 15) is 9.18 Å². The lowest BCUT2D eigenvalue weighted by atomic mass is 10.1. The van der Waals surface area contributed by atoms with E-state index < -0.39 is 0 Å². The van der Waals surface area contributed by atoms with Gasteiger partial charge in [-0.2, -0.15) is 0 Å². The first-order valence-corrected chi connectivity index (χ1v) is 5.79. The SMILES string of the molecule is CN(C(=O)Cc1ccc(F)cc1)c1ncccc1N. The maximum atomic E-state index is 12.8. The van der Waals surface area contributed by atoms with Crippen LogP contribution in [0.25, 0.3) is 0 Å². The summed E-state index contributed by atoms with van der Waals surface area (Å²) in [5.74, 6) is -0.0508. The molecule has 0 unspecified atom stereocenters. The maximum absolute atomic E-state index is 12.8. The van der Waals surface area contributed by atoms with Crippen molar-refractivity contribution in [3.63, 3.8) is 0 Å². The summed E-state index contributed by atoms with van der Waals surface area (Å²) in [4.78, 5) is 17.6. The molecule has 0 saturated carbocycles. The standard InChI is InChI=1S/C14H14FN3O/c1-18(14-12(16)3-2-8-17-14)13(19)9-10-4-6-11(15)7-5-10/h2-8H,9,16H2,1H3. The molecule has 0 fully saturated rings. The molecule has 0 atom stereocenters. The van der Waals surface area contributed by atoms with Crippen LogP contribution in [-0.4, -0.2) is 17.9 Å². The van der Waals surface area contributed by atoms with Crippen molar-refractivity contribution >= 4 is 17.4 Å². The van der Waals surface area contributed by atoms with Gasteiger partial charge in [0.05, 0.1) is 12.1 Å². The van der Waals surface area contributed by atoms with Gasteiger partial charge in [-0.15, -0.1) is 0 Å². The monoisotopic (exact) mass is 259 g/mol. The highest BCUT2D eigenvalue weighted by Gasteiger charge is 2.14. The zero-order chi connectivity index (χ0) is 13.8. The van der Waals surface area contributed by atoms with Gasteiger partial charge in [-0.05, 0) is 29.8 Å².